The van der Waals surface area contributed by atoms with Gasteiger partial charge in [0.2, 0.25) is 11.8 Å². The first-order valence-electron chi connectivity index (χ1n) is 12.6. The fourth-order valence-electron chi connectivity index (χ4n) is 7.48. The normalized spacial score (nSPS) is 45.4. The molecule has 0 spiro atoms. The lowest BCUT2D eigenvalue weighted by molar-refractivity contribution is -0.135. The number of nitrogens with zero attached hydrogens (tertiary/aromatic N) is 2. The molecule has 5 fully saturated rings. The SMILES string of the molecule is CC(=O)N1C2CCC1CN(C1CCCC(NC(=O)C3CC4C(F)CCC(C)C4N3)C1)C2. The molecule has 6 nitrogen and oxygen atoms in total. The van der Waals surface area contributed by atoms with E-state index in [0.717, 1.165) is 51.6 Å². The molecule has 5 aliphatic rings. The molecule has 5 rings (SSSR count). The van der Waals surface area contributed by atoms with Crippen LogP contribution >= 0.6 is 0 Å². The van der Waals surface area contributed by atoms with Gasteiger partial charge in [0.05, 0.1) is 6.04 Å². The Bertz CT molecular complexity index is 673. The minimum Gasteiger partial charge on any atom is -0.352 e. The third-order valence-corrected chi connectivity index (χ3v) is 9.04. The summed E-state index contributed by atoms with van der Waals surface area (Å²) in [6.07, 6.45) is 7.99. The highest BCUT2D eigenvalue weighted by atomic mass is 19.1. The van der Waals surface area contributed by atoms with Gasteiger partial charge >= 0.3 is 0 Å². The zero-order chi connectivity index (χ0) is 21.7. The van der Waals surface area contributed by atoms with Gasteiger partial charge in [-0.15, -0.1) is 0 Å². The molecule has 0 radical (unpaired) electrons. The van der Waals surface area contributed by atoms with Crippen molar-refractivity contribution in [2.45, 2.75) is 114 Å². The Morgan fingerprint density at radius 2 is 1.71 bits per heavy atom. The van der Waals surface area contributed by atoms with E-state index < -0.39 is 6.17 Å². The van der Waals surface area contributed by atoms with Gasteiger partial charge in [-0.25, -0.2) is 4.39 Å². The Kier molecular flexibility index (Phi) is 6.01. The molecule has 2 bridgehead atoms. The summed E-state index contributed by atoms with van der Waals surface area (Å²) in [5.74, 6) is 0.723. The van der Waals surface area contributed by atoms with Crippen LogP contribution < -0.4 is 10.6 Å². The molecule has 174 valence electrons. The van der Waals surface area contributed by atoms with Gasteiger partial charge in [0, 0.05) is 56.1 Å². The van der Waals surface area contributed by atoms with Gasteiger partial charge < -0.3 is 15.5 Å². The van der Waals surface area contributed by atoms with Crippen molar-refractivity contribution in [3.8, 4) is 0 Å². The minimum atomic E-state index is -0.769. The molecule has 0 aromatic rings. The van der Waals surface area contributed by atoms with Crippen LogP contribution in [0.2, 0.25) is 0 Å². The van der Waals surface area contributed by atoms with Crippen LogP contribution in [-0.2, 0) is 9.59 Å². The van der Waals surface area contributed by atoms with Crippen molar-refractivity contribution >= 4 is 11.8 Å². The molecule has 2 saturated carbocycles. The van der Waals surface area contributed by atoms with E-state index in [0.29, 0.717) is 36.9 Å². The fraction of sp³-hybridized carbons (Fsp3) is 0.917. The quantitative estimate of drug-likeness (QED) is 0.715. The number of nitrogens with one attached hydrogen (secondary N) is 2. The number of carbonyl (C=O) groups excluding carboxylic acids is 2. The Morgan fingerprint density at radius 3 is 2.39 bits per heavy atom. The number of piperazine rings is 1. The fourth-order valence-corrected chi connectivity index (χ4v) is 7.48. The third-order valence-electron chi connectivity index (χ3n) is 9.04. The van der Waals surface area contributed by atoms with Crippen molar-refractivity contribution < 1.29 is 14.0 Å². The molecule has 3 aliphatic heterocycles. The number of fused-ring (bicyclic) bond motifs is 3. The van der Waals surface area contributed by atoms with Crippen molar-refractivity contribution in [3.63, 3.8) is 0 Å². The molecular formula is C24H39FN4O2. The van der Waals surface area contributed by atoms with Crippen LogP contribution in [0.4, 0.5) is 4.39 Å². The first-order valence-corrected chi connectivity index (χ1v) is 12.6. The number of halogens is 1. The molecule has 9 atom stereocenters. The zero-order valence-electron chi connectivity index (χ0n) is 19.1. The number of likely N-dealkylation sites (tertiary alicyclic amines) is 1. The molecule has 0 aromatic carbocycles. The van der Waals surface area contributed by atoms with Crippen molar-refractivity contribution in [1.82, 2.24) is 20.4 Å². The second-order valence-corrected chi connectivity index (χ2v) is 11.0. The summed E-state index contributed by atoms with van der Waals surface area (Å²) in [6.45, 7) is 5.84. The maximum Gasteiger partial charge on any atom is 0.237 e. The smallest absolute Gasteiger partial charge is 0.237 e. The van der Waals surface area contributed by atoms with Crippen molar-refractivity contribution in [1.29, 1.82) is 0 Å². The summed E-state index contributed by atoms with van der Waals surface area (Å²) in [5, 5.41) is 6.79. The molecule has 9 unspecified atom stereocenters. The topological polar surface area (TPSA) is 64.7 Å². The van der Waals surface area contributed by atoms with Gasteiger partial charge in [0.1, 0.15) is 6.17 Å². The molecule has 2 aliphatic carbocycles. The highest BCUT2D eigenvalue weighted by Crippen LogP contribution is 2.39. The molecule has 2 N–H and O–H groups in total. The summed E-state index contributed by atoms with van der Waals surface area (Å²) < 4.78 is 14.4. The van der Waals surface area contributed by atoms with Crippen LogP contribution in [-0.4, -0.2) is 77.1 Å². The number of carbonyl (C=O) groups is 2. The Balaban J connectivity index is 1.16. The Morgan fingerprint density at radius 1 is 0.968 bits per heavy atom. The summed E-state index contributed by atoms with van der Waals surface area (Å²) in [6, 6.07) is 1.33. The van der Waals surface area contributed by atoms with Crippen molar-refractivity contribution in [2.75, 3.05) is 13.1 Å². The van der Waals surface area contributed by atoms with E-state index in [9.17, 15) is 14.0 Å². The summed E-state index contributed by atoms with van der Waals surface area (Å²) in [5.41, 5.74) is 0. The minimum absolute atomic E-state index is 0.00773. The van der Waals surface area contributed by atoms with Gasteiger partial charge in [0.25, 0.3) is 0 Å². The second-order valence-electron chi connectivity index (χ2n) is 11.0. The lowest BCUT2D eigenvalue weighted by atomic mass is 9.77. The van der Waals surface area contributed by atoms with Gasteiger partial charge in [0.15, 0.2) is 0 Å². The number of hydrogen-bond acceptors (Lipinski definition) is 4. The first kappa shape index (κ1) is 21.6. The average Bonchev–Trinajstić information content (AvgIpc) is 3.32. The van der Waals surface area contributed by atoms with Crippen molar-refractivity contribution in [2.24, 2.45) is 11.8 Å². The Hall–Kier alpha value is -1.21. The molecular weight excluding hydrogens is 395 g/mol. The van der Waals surface area contributed by atoms with Crippen LogP contribution in [0.5, 0.6) is 0 Å². The lowest BCUT2D eigenvalue weighted by Gasteiger charge is -2.46. The lowest BCUT2D eigenvalue weighted by Crippen LogP contribution is -2.59. The summed E-state index contributed by atoms with van der Waals surface area (Å²) in [7, 11) is 0. The predicted molar refractivity (Wildman–Crippen MR) is 117 cm³/mol. The van der Waals surface area contributed by atoms with Crippen LogP contribution in [0.25, 0.3) is 0 Å². The number of alkyl halides is 1. The van der Waals surface area contributed by atoms with Gasteiger partial charge in [-0.05, 0) is 63.7 Å². The van der Waals surface area contributed by atoms with Gasteiger partial charge in [-0.1, -0.05) is 6.92 Å². The van der Waals surface area contributed by atoms with Crippen LogP contribution in [0.15, 0.2) is 0 Å². The maximum atomic E-state index is 14.4. The van der Waals surface area contributed by atoms with E-state index in [1.54, 1.807) is 6.92 Å². The molecule has 3 saturated heterocycles. The average molecular weight is 435 g/mol. The molecule has 31 heavy (non-hydrogen) atoms. The van der Waals surface area contributed by atoms with E-state index >= 15 is 0 Å². The van der Waals surface area contributed by atoms with Crippen LogP contribution in [0, 0.1) is 11.8 Å². The third kappa shape index (κ3) is 4.12. The van der Waals surface area contributed by atoms with Crippen LogP contribution in [0.1, 0.15) is 71.6 Å². The van der Waals surface area contributed by atoms with E-state index in [2.05, 4.69) is 27.4 Å². The number of hydrogen-bond donors (Lipinski definition) is 2. The van der Waals surface area contributed by atoms with E-state index in [-0.39, 0.29) is 35.9 Å². The monoisotopic (exact) mass is 434 g/mol. The molecule has 3 heterocycles. The summed E-state index contributed by atoms with van der Waals surface area (Å²) >= 11 is 0. The van der Waals surface area contributed by atoms with E-state index in [1.165, 1.54) is 6.42 Å². The zero-order valence-corrected chi connectivity index (χ0v) is 19.1. The van der Waals surface area contributed by atoms with Crippen LogP contribution in [0.3, 0.4) is 0 Å². The second kappa shape index (κ2) is 8.62. The van der Waals surface area contributed by atoms with Gasteiger partial charge in [-0.2, -0.15) is 0 Å². The predicted octanol–water partition coefficient (Wildman–Crippen LogP) is 2.22. The highest BCUT2D eigenvalue weighted by Gasteiger charge is 2.47. The van der Waals surface area contributed by atoms with Crippen molar-refractivity contribution in [3.05, 3.63) is 0 Å². The standard InChI is InChI=1S/C24H39FN4O2/c1-14-6-9-21(25)20-11-22(27-23(14)20)24(31)26-16-4-3-5-17(10-16)28-12-18-7-8-19(13-28)29(18)15(2)30/h14,16-23,27H,3-13H2,1-2H3,(H,26,31). The maximum absolute atomic E-state index is 14.4. The largest absolute Gasteiger partial charge is 0.352 e. The number of amides is 2. The molecule has 2 amide bonds. The van der Waals surface area contributed by atoms with Gasteiger partial charge in [-0.3, -0.25) is 14.5 Å². The van der Waals surface area contributed by atoms with E-state index in [4.69, 9.17) is 0 Å². The summed E-state index contributed by atoms with van der Waals surface area (Å²) in [4.78, 5) is 29.7. The highest BCUT2D eigenvalue weighted by molar-refractivity contribution is 5.82. The number of rotatable bonds is 3. The first-order chi connectivity index (χ1) is 14.9. The Labute approximate surface area is 185 Å². The molecule has 0 aromatic heterocycles. The van der Waals surface area contributed by atoms with E-state index in [1.807, 2.05) is 0 Å². The molecule has 7 heteroatoms.